The largest absolute Gasteiger partial charge is 0.491 e. The van der Waals surface area contributed by atoms with E-state index in [2.05, 4.69) is 20.3 Å². The van der Waals surface area contributed by atoms with Crippen LogP contribution in [0.2, 0.25) is 0 Å². The molecule has 4 aliphatic heterocycles. The number of nitrogens with one attached hydrogen (secondary N) is 3. The van der Waals surface area contributed by atoms with E-state index in [4.69, 9.17) is 23.9 Å². The first kappa shape index (κ1) is 43.8. The SMILES string of the molecule is CC1(S(=O)(=O)NC(=O)[C@@]23C[C@@H]2/C=C\CCCCC[C@@H]2NC(=O)O[C@@H]4C[C@H]4CCCCCc4c(nc5ccccc5c4OCCN4CCOCC4)O[C@@H]4C[C@@H](C(=O)N3)N(C4)C2=O)CC1. The molecule has 7 aliphatic rings. The number of carbonyl (C=O) groups excluding carboxylic acids is 4. The number of ether oxygens (including phenoxy) is 4. The predicted octanol–water partition coefficient (Wildman–Crippen LogP) is 4.29. The van der Waals surface area contributed by atoms with Crippen LogP contribution in [0.1, 0.15) is 102 Å². The second-order valence-corrected chi connectivity index (χ2v) is 21.2. The monoisotopic (exact) mass is 890 g/mol. The first-order valence-electron chi connectivity index (χ1n) is 23.3. The second kappa shape index (κ2) is 18.2. The number of benzene rings is 1. The third-order valence-electron chi connectivity index (χ3n) is 14.3. The van der Waals surface area contributed by atoms with Gasteiger partial charge in [-0.25, -0.2) is 18.2 Å². The number of nitrogens with zero attached hydrogens (tertiary/aromatic N) is 3. The first-order valence-corrected chi connectivity index (χ1v) is 24.8. The van der Waals surface area contributed by atoms with Crippen molar-refractivity contribution in [2.45, 2.75) is 138 Å². The smallest absolute Gasteiger partial charge is 0.408 e. The number of allylic oxidation sites excluding steroid dienone is 1. The van der Waals surface area contributed by atoms with Crippen molar-refractivity contribution >= 4 is 44.7 Å². The Morgan fingerprint density at radius 2 is 1.79 bits per heavy atom. The van der Waals surface area contributed by atoms with E-state index in [0.29, 0.717) is 75.5 Å². The number of hydrogen-bond acceptors (Lipinski definition) is 12. The standard InChI is InChI=1S/C46H62N6O10S/c1-45(18-19-45)63(57,58)50-43(55)46-28-31(46)13-7-3-2-4-9-17-36-42(54)52-29-32(27-37(52)40(53)49-46)61-41-34(15-8-5-6-12-30-26-38(30)62-44(56)48-36)39(33-14-10-11-16-35(33)47-41)60-25-22-51-20-23-59-24-21-51/h7,10-11,13-14,16,30-32,36-38H,2-6,8-9,12,15,17-29H2,1H3,(H,48,56)(H,49,53)(H,50,55)/b13-7-/t30-,31+,32-,36+,37+,38-,46-/m1/s1. The molecule has 0 unspecified atom stereocenters. The molecule has 7 atom stereocenters. The lowest BCUT2D eigenvalue weighted by Crippen LogP contribution is -2.58. The fourth-order valence-electron chi connectivity index (χ4n) is 9.76. The summed E-state index contributed by atoms with van der Waals surface area (Å²) in [7, 11) is -4.00. The van der Waals surface area contributed by atoms with E-state index in [-0.39, 0.29) is 31.4 Å². The van der Waals surface area contributed by atoms with Crippen LogP contribution in [-0.4, -0.2) is 128 Å². The Morgan fingerprint density at radius 1 is 1.00 bits per heavy atom. The van der Waals surface area contributed by atoms with Crippen molar-refractivity contribution < 1.29 is 46.5 Å². The third-order valence-corrected chi connectivity index (χ3v) is 16.5. The van der Waals surface area contributed by atoms with Crippen molar-refractivity contribution in [3.63, 3.8) is 0 Å². The molecule has 5 heterocycles. The van der Waals surface area contributed by atoms with Crippen LogP contribution in [0.4, 0.5) is 4.79 Å². The maximum absolute atomic E-state index is 14.8. The highest BCUT2D eigenvalue weighted by atomic mass is 32.2. The van der Waals surface area contributed by atoms with Crippen molar-refractivity contribution in [2.75, 3.05) is 46.0 Å². The van der Waals surface area contributed by atoms with Gasteiger partial charge >= 0.3 is 6.09 Å². The van der Waals surface area contributed by atoms with E-state index in [1.54, 1.807) is 6.92 Å². The Labute approximate surface area is 369 Å². The van der Waals surface area contributed by atoms with Gasteiger partial charge in [0.1, 0.15) is 42.2 Å². The van der Waals surface area contributed by atoms with Gasteiger partial charge in [0, 0.05) is 37.4 Å². The fourth-order valence-corrected chi connectivity index (χ4v) is 11.1. The van der Waals surface area contributed by atoms with Gasteiger partial charge < -0.3 is 34.5 Å². The Kier molecular flexibility index (Phi) is 12.6. The molecular weight excluding hydrogens is 829 g/mol. The maximum Gasteiger partial charge on any atom is 0.408 e. The Hall–Kier alpha value is -4.48. The lowest BCUT2D eigenvalue weighted by atomic mass is 10.0. The Morgan fingerprint density at radius 3 is 2.62 bits per heavy atom. The quantitative estimate of drug-likeness (QED) is 0.335. The lowest BCUT2D eigenvalue weighted by molar-refractivity contribution is -0.141. The summed E-state index contributed by atoms with van der Waals surface area (Å²) in [6.45, 7) is 5.86. The van der Waals surface area contributed by atoms with Crippen LogP contribution < -0.4 is 24.8 Å². The lowest BCUT2D eigenvalue weighted by Gasteiger charge is -2.30. The third kappa shape index (κ3) is 9.65. The van der Waals surface area contributed by atoms with E-state index in [0.717, 1.165) is 75.5 Å². The van der Waals surface area contributed by atoms with E-state index >= 15 is 0 Å². The van der Waals surface area contributed by atoms with Gasteiger partial charge in [-0.1, -0.05) is 50.0 Å². The van der Waals surface area contributed by atoms with Crippen LogP contribution >= 0.6 is 0 Å². The van der Waals surface area contributed by atoms with Gasteiger partial charge in [0.25, 0.3) is 5.91 Å². The molecule has 3 bridgehead atoms. The first-order chi connectivity index (χ1) is 30.4. The number of alkyl carbamates (subject to hydrolysis) is 1. The highest BCUT2D eigenvalue weighted by Crippen LogP contribution is 2.48. The number of rotatable bonds is 7. The summed E-state index contributed by atoms with van der Waals surface area (Å²) in [5.74, 6) is -0.900. The molecular formula is C46H62N6O10S. The number of aromatic nitrogens is 1. The molecule has 342 valence electrons. The van der Waals surface area contributed by atoms with Crippen LogP contribution in [0.5, 0.6) is 11.6 Å². The van der Waals surface area contributed by atoms with Crippen LogP contribution in [0.15, 0.2) is 36.4 Å². The van der Waals surface area contributed by atoms with Gasteiger partial charge in [0.05, 0.1) is 35.6 Å². The fraction of sp³-hybridized carbons (Fsp3) is 0.674. The molecule has 1 aromatic carbocycles. The second-order valence-electron chi connectivity index (χ2n) is 19.0. The van der Waals surface area contributed by atoms with Crippen molar-refractivity contribution in [3.05, 3.63) is 42.0 Å². The van der Waals surface area contributed by atoms with Gasteiger partial charge in [-0.15, -0.1) is 0 Å². The van der Waals surface area contributed by atoms with Gasteiger partial charge in [-0.3, -0.25) is 24.0 Å². The zero-order valence-corrected chi connectivity index (χ0v) is 37.1. The number of morpholine rings is 1. The summed E-state index contributed by atoms with van der Waals surface area (Å²) in [4.78, 5) is 65.8. The molecule has 16 nitrogen and oxygen atoms in total. The number of pyridine rings is 1. The van der Waals surface area contributed by atoms with Crippen LogP contribution in [0.25, 0.3) is 10.9 Å². The molecule has 3 saturated carbocycles. The molecule has 2 aromatic rings. The summed E-state index contributed by atoms with van der Waals surface area (Å²) in [5.41, 5.74) is 0.0119. The minimum Gasteiger partial charge on any atom is -0.491 e. The average Bonchev–Trinajstić information content (AvgIpc) is 4.23. The number of para-hydroxylation sites is 1. The van der Waals surface area contributed by atoms with Crippen LogP contribution in [0.3, 0.4) is 0 Å². The van der Waals surface area contributed by atoms with E-state index < -0.39 is 68.2 Å². The summed E-state index contributed by atoms with van der Waals surface area (Å²) >= 11 is 0. The molecule has 0 spiro atoms. The highest BCUT2D eigenvalue weighted by molar-refractivity contribution is 7.91. The van der Waals surface area contributed by atoms with Gasteiger partial charge in [0.15, 0.2) is 0 Å². The summed E-state index contributed by atoms with van der Waals surface area (Å²) in [6, 6.07) is 5.74. The number of hydrogen-bond donors (Lipinski definition) is 3. The molecule has 9 rings (SSSR count). The van der Waals surface area contributed by atoms with Gasteiger partial charge in [-0.05, 0) is 89.2 Å². The summed E-state index contributed by atoms with van der Waals surface area (Å²) in [5, 5.41) is 6.71. The van der Waals surface area contributed by atoms with Gasteiger partial charge in [0.2, 0.25) is 27.7 Å². The van der Waals surface area contributed by atoms with Gasteiger partial charge in [-0.2, -0.15) is 0 Å². The average molecular weight is 891 g/mol. The molecule has 63 heavy (non-hydrogen) atoms. The Bertz CT molecular complexity index is 2210. The maximum atomic E-state index is 14.8. The normalized spacial score (nSPS) is 32.0. The molecule has 4 amide bonds. The summed E-state index contributed by atoms with van der Waals surface area (Å²) < 4.78 is 52.8. The number of sulfonamides is 1. The molecule has 3 aliphatic carbocycles. The molecule has 1 aromatic heterocycles. The highest BCUT2D eigenvalue weighted by Gasteiger charge is 2.63. The summed E-state index contributed by atoms with van der Waals surface area (Å²) in [6.07, 6.45) is 11.8. The molecule has 17 heteroatoms. The van der Waals surface area contributed by atoms with E-state index in [1.807, 2.05) is 36.4 Å². The zero-order chi connectivity index (χ0) is 43.8. The molecule has 3 N–H and O–H groups in total. The Balaban J connectivity index is 1.05. The molecule has 2 saturated heterocycles. The van der Waals surface area contributed by atoms with Crippen molar-refractivity contribution in [1.29, 1.82) is 0 Å². The van der Waals surface area contributed by atoms with E-state index in [1.165, 1.54) is 4.90 Å². The minimum atomic E-state index is -4.00. The molecule has 0 radical (unpaired) electrons. The predicted molar refractivity (Wildman–Crippen MR) is 232 cm³/mol. The van der Waals surface area contributed by atoms with Crippen molar-refractivity contribution in [3.8, 4) is 11.6 Å². The zero-order valence-electron chi connectivity index (χ0n) is 36.3. The van der Waals surface area contributed by atoms with E-state index in [9.17, 15) is 27.6 Å². The minimum absolute atomic E-state index is 0.00523. The van der Waals surface area contributed by atoms with Crippen molar-refractivity contribution in [2.24, 2.45) is 11.8 Å². The van der Waals surface area contributed by atoms with Crippen molar-refractivity contribution in [1.82, 2.24) is 30.1 Å². The topological polar surface area (TPSA) is 195 Å². The molecule has 5 fully saturated rings. The van der Waals surface area contributed by atoms with Crippen LogP contribution in [-0.2, 0) is 40.3 Å². The number of fused-ring (bicyclic) bond motifs is 6. The number of carbonyl (C=O) groups is 4. The van der Waals surface area contributed by atoms with Crippen LogP contribution in [0, 0.1) is 11.8 Å². The number of amides is 4.